The van der Waals surface area contributed by atoms with Crippen molar-refractivity contribution >= 4 is 17.7 Å². The van der Waals surface area contributed by atoms with Crippen LogP contribution in [0.1, 0.15) is 36.2 Å². The predicted octanol–water partition coefficient (Wildman–Crippen LogP) is 1.65. The van der Waals surface area contributed by atoms with Crippen molar-refractivity contribution in [2.75, 3.05) is 5.75 Å². The zero-order valence-corrected chi connectivity index (χ0v) is 9.00. The largest absolute Gasteiger partial charge is 0.481 e. The van der Waals surface area contributed by atoms with Gasteiger partial charge in [-0.05, 0) is 18.6 Å². The summed E-state index contributed by atoms with van der Waals surface area (Å²) in [5.41, 5.74) is 0. The molecule has 0 spiro atoms. The van der Waals surface area contributed by atoms with E-state index in [1.165, 1.54) is 6.42 Å². The van der Waals surface area contributed by atoms with Gasteiger partial charge in [-0.15, -0.1) is 11.8 Å². The van der Waals surface area contributed by atoms with Gasteiger partial charge in [0.1, 0.15) is 0 Å². The number of carbonyl (C=O) groups is 1. The summed E-state index contributed by atoms with van der Waals surface area (Å²) in [4.78, 5) is 14.5. The lowest BCUT2D eigenvalue weighted by molar-refractivity contribution is -0.137. The van der Waals surface area contributed by atoms with Crippen molar-refractivity contribution in [3.05, 3.63) is 11.7 Å². The molecular weight excluding hydrogens is 216 g/mol. The van der Waals surface area contributed by atoms with E-state index in [4.69, 9.17) is 9.63 Å². The first-order valence-electron chi connectivity index (χ1n) is 4.91. The Balaban J connectivity index is 1.94. The molecule has 82 valence electrons. The van der Waals surface area contributed by atoms with Crippen LogP contribution in [0.2, 0.25) is 0 Å². The second-order valence-electron chi connectivity index (χ2n) is 3.44. The molecule has 1 aromatic heterocycles. The molecule has 0 amide bonds. The maximum atomic E-state index is 10.3. The van der Waals surface area contributed by atoms with Crippen molar-refractivity contribution in [3.63, 3.8) is 0 Å². The van der Waals surface area contributed by atoms with Crippen molar-refractivity contribution in [2.45, 2.75) is 30.9 Å². The molecule has 0 bridgehead atoms. The standard InChI is InChI=1S/C9H12N2O3S/c12-8(13)4-3-7-10-9(14-11-7)6-2-1-5-15-6/h6H,1-5H2,(H,12,13). The lowest BCUT2D eigenvalue weighted by atomic mass is 10.2. The summed E-state index contributed by atoms with van der Waals surface area (Å²) < 4.78 is 5.11. The van der Waals surface area contributed by atoms with Gasteiger partial charge in [0, 0.05) is 6.42 Å². The second-order valence-corrected chi connectivity index (χ2v) is 4.75. The van der Waals surface area contributed by atoms with Crippen LogP contribution in [0.4, 0.5) is 0 Å². The number of rotatable bonds is 4. The summed E-state index contributed by atoms with van der Waals surface area (Å²) >= 11 is 1.82. The second kappa shape index (κ2) is 4.65. The number of carboxylic acid groups (broad SMARTS) is 1. The molecule has 1 fully saturated rings. The monoisotopic (exact) mass is 228 g/mol. The van der Waals surface area contributed by atoms with E-state index >= 15 is 0 Å². The SMILES string of the molecule is O=C(O)CCc1noc(C2CCCS2)n1. The van der Waals surface area contributed by atoms with Crippen LogP contribution in [0.5, 0.6) is 0 Å². The Kier molecular flexibility index (Phi) is 3.25. The zero-order valence-electron chi connectivity index (χ0n) is 8.18. The van der Waals surface area contributed by atoms with Crippen molar-refractivity contribution in [2.24, 2.45) is 0 Å². The molecular formula is C9H12N2O3S. The fourth-order valence-electron chi connectivity index (χ4n) is 1.49. The van der Waals surface area contributed by atoms with Crippen molar-refractivity contribution in [1.82, 2.24) is 10.1 Å². The molecule has 1 aliphatic heterocycles. The summed E-state index contributed by atoms with van der Waals surface area (Å²) in [6.07, 6.45) is 2.65. The Hall–Kier alpha value is -1.04. The summed E-state index contributed by atoms with van der Waals surface area (Å²) in [7, 11) is 0. The fraction of sp³-hybridized carbons (Fsp3) is 0.667. The number of hydrogen-bond donors (Lipinski definition) is 1. The summed E-state index contributed by atoms with van der Waals surface area (Å²) in [5, 5.41) is 12.6. The number of hydrogen-bond acceptors (Lipinski definition) is 5. The van der Waals surface area contributed by atoms with Crippen LogP contribution in [-0.2, 0) is 11.2 Å². The molecule has 1 aliphatic rings. The van der Waals surface area contributed by atoms with Gasteiger partial charge in [0.25, 0.3) is 0 Å². The van der Waals surface area contributed by atoms with Gasteiger partial charge in [0.15, 0.2) is 5.82 Å². The topological polar surface area (TPSA) is 76.2 Å². The lowest BCUT2D eigenvalue weighted by Gasteiger charge is -1.98. The van der Waals surface area contributed by atoms with E-state index in [0.717, 1.165) is 12.2 Å². The highest BCUT2D eigenvalue weighted by Gasteiger charge is 2.23. The molecule has 15 heavy (non-hydrogen) atoms. The molecule has 0 radical (unpaired) electrons. The number of nitrogens with zero attached hydrogens (tertiary/aromatic N) is 2. The van der Waals surface area contributed by atoms with E-state index in [0.29, 0.717) is 23.4 Å². The molecule has 1 N–H and O–H groups in total. The molecule has 1 atom stereocenters. The van der Waals surface area contributed by atoms with Gasteiger partial charge in [0.05, 0.1) is 11.7 Å². The van der Waals surface area contributed by atoms with Crippen molar-refractivity contribution < 1.29 is 14.4 Å². The van der Waals surface area contributed by atoms with Gasteiger partial charge in [-0.3, -0.25) is 4.79 Å². The molecule has 5 nitrogen and oxygen atoms in total. The fourth-order valence-corrected chi connectivity index (χ4v) is 2.68. The Morgan fingerprint density at radius 2 is 2.53 bits per heavy atom. The average molecular weight is 228 g/mol. The summed E-state index contributed by atoms with van der Waals surface area (Å²) in [6.45, 7) is 0. The number of aromatic nitrogens is 2. The quantitative estimate of drug-likeness (QED) is 0.844. The molecule has 0 aromatic carbocycles. The minimum atomic E-state index is -0.836. The number of carboxylic acids is 1. The Morgan fingerprint density at radius 3 is 3.20 bits per heavy atom. The minimum Gasteiger partial charge on any atom is -0.481 e. The van der Waals surface area contributed by atoms with Gasteiger partial charge in [0.2, 0.25) is 5.89 Å². The molecule has 2 rings (SSSR count). The van der Waals surface area contributed by atoms with Gasteiger partial charge in [-0.25, -0.2) is 0 Å². The first-order chi connectivity index (χ1) is 7.25. The van der Waals surface area contributed by atoms with Gasteiger partial charge in [-0.2, -0.15) is 4.98 Å². The number of aryl methyl sites for hydroxylation is 1. The third kappa shape index (κ3) is 2.71. The van der Waals surface area contributed by atoms with E-state index in [1.807, 2.05) is 11.8 Å². The minimum absolute atomic E-state index is 0.0524. The van der Waals surface area contributed by atoms with Crippen LogP contribution in [0.25, 0.3) is 0 Å². The van der Waals surface area contributed by atoms with E-state index in [1.54, 1.807) is 0 Å². The number of thioether (sulfide) groups is 1. The Labute approximate surface area is 91.2 Å². The van der Waals surface area contributed by atoms with Crippen LogP contribution in [0.3, 0.4) is 0 Å². The maximum absolute atomic E-state index is 10.3. The van der Waals surface area contributed by atoms with E-state index < -0.39 is 5.97 Å². The molecule has 0 aliphatic carbocycles. The molecule has 2 heterocycles. The van der Waals surface area contributed by atoms with Gasteiger partial charge >= 0.3 is 5.97 Å². The highest BCUT2D eigenvalue weighted by atomic mass is 32.2. The molecule has 6 heteroatoms. The highest BCUT2D eigenvalue weighted by Crippen LogP contribution is 2.38. The lowest BCUT2D eigenvalue weighted by Crippen LogP contribution is -1.99. The average Bonchev–Trinajstić information content (AvgIpc) is 2.85. The molecule has 1 unspecified atom stereocenters. The summed E-state index contributed by atoms with van der Waals surface area (Å²) in [5.74, 6) is 1.45. The molecule has 1 aromatic rings. The van der Waals surface area contributed by atoms with Gasteiger partial charge in [-0.1, -0.05) is 5.16 Å². The summed E-state index contributed by atoms with van der Waals surface area (Å²) in [6, 6.07) is 0. The maximum Gasteiger partial charge on any atom is 0.303 e. The van der Waals surface area contributed by atoms with Crippen molar-refractivity contribution in [1.29, 1.82) is 0 Å². The first kappa shape index (κ1) is 10.5. The van der Waals surface area contributed by atoms with Crippen molar-refractivity contribution in [3.8, 4) is 0 Å². The van der Waals surface area contributed by atoms with E-state index in [-0.39, 0.29) is 6.42 Å². The first-order valence-corrected chi connectivity index (χ1v) is 5.96. The van der Waals surface area contributed by atoms with E-state index in [9.17, 15) is 4.79 Å². The van der Waals surface area contributed by atoms with Crippen LogP contribution in [0.15, 0.2) is 4.52 Å². The van der Waals surface area contributed by atoms with Crippen LogP contribution in [0, 0.1) is 0 Å². The molecule has 0 saturated carbocycles. The van der Waals surface area contributed by atoms with Gasteiger partial charge < -0.3 is 9.63 Å². The Bertz CT molecular complexity index is 347. The normalized spacial score (nSPS) is 20.7. The van der Waals surface area contributed by atoms with E-state index in [2.05, 4.69) is 10.1 Å². The smallest absolute Gasteiger partial charge is 0.303 e. The van der Waals surface area contributed by atoms with Crippen LogP contribution >= 0.6 is 11.8 Å². The Morgan fingerprint density at radius 1 is 1.67 bits per heavy atom. The van der Waals surface area contributed by atoms with Crippen LogP contribution in [-0.4, -0.2) is 27.0 Å². The zero-order chi connectivity index (χ0) is 10.7. The molecule has 1 saturated heterocycles. The van der Waals surface area contributed by atoms with Crippen LogP contribution < -0.4 is 0 Å². The highest BCUT2D eigenvalue weighted by molar-refractivity contribution is 7.99. The predicted molar refractivity (Wildman–Crippen MR) is 54.7 cm³/mol. The third-order valence-electron chi connectivity index (χ3n) is 2.25. The third-order valence-corrected chi connectivity index (χ3v) is 3.62. The number of aliphatic carboxylic acids is 1.